The summed E-state index contributed by atoms with van der Waals surface area (Å²) in [5.74, 6) is -0.937. The molecule has 0 saturated heterocycles. The first-order valence-electron chi connectivity index (χ1n) is 6.68. The van der Waals surface area contributed by atoms with Gasteiger partial charge in [-0.3, -0.25) is 0 Å². The Kier molecular flexibility index (Phi) is 3.38. The van der Waals surface area contributed by atoms with Gasteiger partial charge in [-0.1, -0.05) is 22.0 Å². The molecule has 0 amide bonds. The summed E-state index contributed by atoms with van der Waals surface area (Å²) >= 11 is 3.52. The van der Waals surface area contributed by atoms with E-state index in [1.54, 1.807) is 4.68 Å². The molecule has 1 aliphatic rings. The largest absolute Gasteiger partial charge is 0.476 e. The third-order valence-corrected chi connectivity index (χ3v) is 4.64. The van der Waals surface area contributed by atoms with E-state index in [-0.39, 0.29) is 5.69 Å². The zero-order valence-electron chi connectivity index (χ0n) is 11.2. The smallest absolute Gasteiger partial charge is 0.356 e. The molecule has 2 aromatic rings. The number of hydrogen-bond donors (Lipinski definition) is 1. The highest BCUT2D eigenvalue weighted by molar-refractivity contribution is 9.10. The molecule has 4 nitrogen and oxygen atoms in total. The molecule has 1 aliphatic carbocycles. The second-order valence-electron chi connectivity index (χ2n) is 5.13. The fourth-order valence-electron chi connectivity index (χ4n) is 2.70. The van der Waals surface area contributed by atoms with Crippen LogP contribution in [0.3, 0.4) is 0 Å². The average Bonchev–Trinajstić information content (AvgIpc) is 2.82. The van der Waals surface area contributed by atoms with E-state index in [4.69, 9.17) is 0 Å². The molecule has 0 radical (unpaired) electrons. The summed E-state index contributed by atoms with van der Waals surface area (Å²) in [6.07, 6.45) is 3.83. The van der Waals surface area contributed by atoms with Crippen LogP contribution in [0.2, 0.25) is 0 Å². The number of carboxylic acids is 1. The fourth-order valence-corrected chi connectivity index (χ4v) is 3.06. The quantitative estimate of drug-likeness (QED) is 0.914. The van der Waals surface area contributed by atoms with Crippen LogP contribution >= 0.6 is 15.9 Å². The van der Waals surface area contributed by atoms with Gasteiger partial charge >= 0.3 is 5.97 Å². The van der Waals surface area contributed by atoms with E-state index in [9.17, 15) is 9.90 Å². The Bertz CT molecular complexity index is 691. The summed E-state index contributed by atoms with van der Waals surface area (Å²) in [6, 6.07) is 5.98. The first kappa shape index (κ1) is 13.4. The van der Waals surface area contributed by atoms with Crippen LogP contribution < -0.4 is 0 Å². The normalized spacial score (nSPS) is 14.1. The Morgan fingerprint density at radius 2 is 2.10 bits per heavy atom. The SMILES string of the molecule is Cc1ccc(-n2nc(C(=O)O)c3c2CCCC3)cc1Br. The van der Waals surface area contributed by atoms with E-state index >= 15 is 0 Å². The lowest BCUT2D eigenvalue weighted by molar-refractivity contribution is 0.0688. The number of carboxylic acid groups (broad SMARTS) is 1. The Morgan fingerprint density at radius 1 is 1.35 bits per heavy atom. The van der Waals surface area contributed by atoms with E-state index < -0.39 is 5.97 Å². The van der Waals surface area contributed by atoms with Crippen LogP contribution in [0.5, 0.6) is 0 Å². The number of carbonyl (C=O) groups is 1. The molecule has 0 atom stereocenters. The van der Waals surface area contributed by atoms with Gasteiger partial charge in [0.2, 0.25) is 0 Å². The molecule has 0 saturated carbocycles. The van der Waals surface area contributed by atoms with E-state index in [2.05, 4.69) is 21.0 Å². The molecular weight excluding hydrogens is 320 g/mol. The number of benzene rings is 1. The van der Waals surface area contributed by atoms with Crippen molar-refractivity contribution >= 4 is 21.9 Å². The Morgan fingerprint density at radius 3 is 2.80 bits per heavy atom. The molecule has 3 rings (SSSR count). The zero-order chi connectivity index (χ0) is 14.3. The van der Waals surface area contributed by atoms with Crippen molar-refractivity contribution in [3.63, 3.8) is 0 Å². The van der Waals surface area contributed by atoms with Crippen LogP contribution in [-0.2, 0) is 12.8 Å². The third kappa shape index (κ3) is 2.16. The molecule has 0 unspecified atom stereocenters. The maximum Gasteiger partial charge on any atom is 0.356 e. The lowest BCUT2D eigenvalue weighted by Gasteiger charge is -2.14. The molecule has 0 fully saturated rings. The number of nitrogens with zero attached hydrogens (tertiary/aromatic N) is 2. The lowest BCUT2D eigenvalue weighted by atomic mass is 9.95. The van der Waals surface area contributed by atoms with Gasteiger partial charge in [-0.2, -0.15) is 5.10 Å². The number of halogens is 1. The molecular formula is C15H15BrN2O2. The molecule has 1 aromatic carbocycles. The first-order chi connectivity index (χ1) is 9.58. The lowest BCUT2D eigenvalue weighted by Crippen LogP contribution is -2.08. The molecule has 1 aromatic heterocycles. The second-order valence-corrected chi connectivity index (χ2v) is 5.99. The molecule has 1 heterocycles. The Balaban J connectivity index is 2.18. The van der Waals surface area contributed by atoms with E-state index in [0.29, 0.717) is 0 Å². The molecule has 20 heavy (non-hydrogen) atoms. The van der Waals surface area contributed by atoms with Crippen molar-refractivity contribution in [3.05, 3.63) is 45.2 Å². The predicted molar refractivity (Wildman–Crippen MR) is 79.6 cm³/mol. The summed E-state index contributed by atoms with van der Waals surface area (Å²) in [5.41, 5.74) is 4.21. The standard InChI is InChI=1S/C15H15BrN2O2/c1-9-6-7-10(8-12(9)16)18-13-5-3-2-4-11(13)14(17-18)15(19)20/h6-8H,2-5H2,1H3,(H,19,20). The summed E-state index contributed by atoms with van der Waals surface area (Å²) in [7, 11) is 0. The molecule has 0 aliphatic heterocycles. The second kappa shape index (κ2) is 5.05. The maximum absolute atomic E-state index is 11.4. The molecule has 0 spiro atoms. The van der Waals surface area contributed by atoms with Crippen molar-refractivity contribution in [3.8, 4) is 5.69 Å². The van der Waals surface area contributed by atoms with Crippen LogP contribution in [0.15, 0.2) is 22.7 Å². The van der Waals surface area contributed by atoms with Crippen molar-refractivity contribution in [2.45, 2.75) is 32.6 Å². The van der Waals surface area contributed by atoms with Gasteiger partial charge in [-0.05, 0) is 50.3 Å². The van der Waals surface area contributed by atoms with E-state index in [1.165, 1.54) is 0 Å². The van der Waals surface area contributed by atoms with E-state index in [1.807, 2.05) is 25.1 Å². The number of rotatable bonds is 2. The fraction of sp³-hybridized carbons (Fsp3) is 0.333. The minimum Gasteiger partial charge on any atom is -0.476 e. The van der Waals surface area contributed by atoms with Gasteiger partial charge in [0.15, 0.2) is 5.69 Å². The van der Waals surface area contributed by atoms with Gasteiger partial charge in [-0.15, -0.1) is 0 Å². The van der Waals surface area contributed by atoms with Crippen molar-refractivity contribution in [2.75, 3.05) is 0 Å². The minimum atomic E-state index is -0.937. The summed E-state index contributed by atoms with van der Waals surface area (Å²) in [5, 5.41) is 13.6. The Hall–Kier alpha value is -1.62. The highest BCUT2D eigenvalue weighted by Gasteiger charge is 2.25. The van der Waals surface area contributed by atoms with Crippen molar-refractivity contribution < 1.29 is 9.90 Å². The van der Waals surface area contributed by atoms with E-state index in [0.717, 1.165) is 52.7 Å². The van der Waals surface area contributed by atoms with Crippen LogP contribution in [-0.4, -0.2) is 20.9 Å². The van der Waals surface area contributed by atoms with Gasteiger partial charge in [-0.25, -0.2) is 9.48 Å². The van der Waals surface area contributed by atoms with Gasteiger partial charge in [0, 0.05) is 15.7 Å². The number of aromatic nitrogens is 2. The molecule has 5 heteroatoms. The Labute approximate surface area is 125 Å². The summed E-state index contributed by atoms with van der Waals surface area (Å²) < 4.78 is 2.80. The van der Waals surface area contributed by atoms with Crippen LogP contribution in [0.1, 0.15) is 40.2 Å². The summed E-state index contributed by atoms with van der Waals surface area (Å²) in [6.45, 7) is 2.02. The number of aromatic carboxylic acids is 1. The summed E-state index contributed by atoms with van der Waals surface area (Å²) in [4.78, 5) is 11.4. The first-order valence-corrected chi connectivity index (χ1v) is 7.48. The highest BCUT2D eigenvalue weighted by Crippen LogP contribution is 2.28. The molecule has 104 valence electrons. The number of fused-ring (bicyclic) bond motifs is 1. The van der Waals surface area contributed by atoms with Crippen molar-refractivity contribution in [2.24, 2.45) is 0 Å². The topological polar surface area (TPSA) is 55.1 Å². The molecule has 1 N–H and O–H groups in total. The molecule has 0 bridgehead atoms. The van der Waals surface area contributed by atoms with Crippen LogP contribution in [0.25, 0.3) is 5.69 Å². The predicted octanol–water partition coefficient (Wildman–Crippen LogP) is 3.52. The van der Waals surface area contributed by atoms with Gasteiger partial charge in [0.05, 0.1) is 5.69 Å². The van der Waals surface area contributed by atoms with Crippen LogP contribution in [0.4, 0.5) is 0 Å². The van der Waals surface area contributed by atoms with Gasteiger partial charge in [0.25, 0.3) is 0 Å². The van der Waals surface area contributed by atoms with Crippen LogP contribution in [0, 0.1) is 6.92 Å². The monoisotopic (exact) mass is 334 g/mol. The highest BCUT2D eigenvalue weighted by atomic mass is 79.9. The average molecular weight is 335 g/mol. The van der Waals surface area contributed by atoms with Gasteiger partial charge < -0.3 is 5.11 Å². The third-order valence-electron chi connectivity index (χ3n) is 3.78. The zero-order valence-corrected chi connectivity index (χ0v) is 12.8. The number of hydrogen-bond acceptors (Lipinski definition) is 2. The number of aryl methyl sites for hydroxylation is 1. The van der Waals surface area contributed by atoms with Gasteiger partial charge in [0.1, 0.15) is 0 Å². The maximum atomic E-state index is 11.4. The van der Waals surface area contributed by atoms with Crippen molar-refractivity contribution in [1.82, 2.24) is 9.78 Å². The minimum absolute atomic E-state index is 0.205. The van der Waals surface area contributed by atoms with Crippen molar-refractivity contribution in [1.29, 1.82) is 0 Å².